The van der Waals surface area contributed by atoms with Gasteiger partial charge in [0.05, 0.1) is 18.2 Å². The summed E-state index contributed by atoms with van der Waals surface area (Å²) in [6.07, 6.45) is 1.79. The van der Waals surface area contributed by atoms with Gasteiger partial charge in [-0.1, -0.05) is 13.3 Å². The number of ether oxygens (including phenoxy) is 1. The van der Waals surface area contributed by atoms with Crippen LogP contribution in [0.2, 0.25) is 0 Å². The highest BCUT2D eigenvalue weighted by atomic mass is 16.5. The number of methoxy groups -OCH3 is 1. The van der Waals surface area contributed by atoms with Gasteiger partial charge in [-0.05, 0) is 30.7 Å². The number of benzene rings is 1. The second kappa shape index (κ2) is 7.53. The predicted octanol–water partition coefficient (Wildman–Crippen LogP) is 1.93. The van der Waals surface area contributed by atoms with Gasteiger partial charge in [0.2, 0.25) is 0 Å². The van der Waals surface area contributed by atoms with E-state index in [0.717, 1.165) is 12.8 Å². The van der Waals surface area contributed by atoms with Gasteiger partial charge >= 0.3 is 5.97 Å². The fraction of sp³-hybridized carbons (Fsp3) is 0.429. The molecule has 1 amide bonds. The molecule has 0 heterocycles. The third-order valence-corrected chi connectivity index (χ3v) is 2.73. The lowest BCUT2D eigenvalue weighted by molar-refractivity contribution is 0.0696. The monoisotopic (exact) mass is 265 g/mol. The first kappa shape index (κ1) is 15.2. The van der Waals surface area contributed by atoms with Crippen molar-refractivity contribution < 1.29 is 19.4 Å². The molecule has 1 unspecified atom stereocenters. The number of carboxylic acids is 1. The van der Waals surface area contributed by atoms with Crippen LogP contribution in [0.15, 0.2) is 24.3 Å². The van der Waals surface area contributed by atoms with Crippen molar-refractivity contribution in [2.75, 3.05) is 13.7 Å². The second-order valence-electron chi connectivity index (χ2n) is 4.30. The minimum absolute atomic E-state index is 0.0262. The van der Waals surface area contributed by atoms with Crippen LogP contribution in [-0.4, -0.2) is 36.7 Å². The third kappa shape index (κ3) is 4.71. The maximum Gasteiger partial charge on any atom is 0.335 e. The van der Waals surface area contributed by atoms with Crippen molar-refractivity contribution in [3.63, 3.8) is 0 Å². The van der Waals surface area contributed by atoms with Crippen LogP contribution in [-0.2, 0) is 4.74 Å². The Morgan fingerprint density at radius 1 is 1.26 bits per heavy atom. The molecule has 1 rings (SSSR count). The number of hydrogen-bond acceptors (Lipinski definition) is 3. The first-order valence-corrected chi connectivity index (χ1v) is 6.21. The minimum Gasteiger partial charge on any atom is -0.478 e. The molecule has 0 bridgehead atoms. The molecule has 0 aromatic heterocycles. The fourth-order valence-electron chi connectivity index (χ4n) is 1.78. The van der Waals surface area contributed by atoms with E-state index < -0.39 is 5.97 Å². The lowest BCUT2D eigenvalue weighted by Crippen LogP contribution is -2.37. The smallest absolute Gasteiger partial charge is 0.335 e. The molecule has 104 valence electrons. The van der Waals surface area contributed by atoms with Gasteiger partial charge in [-0.25, -0.2) is 4.79 Å². The average Bonchev–Trinajstić information content (AvgIpc) is 2.39. The Bertz CT molecular complexity index is 422. The summed E-state index contributed by atoms with van der Waals surface area (Å²) in [4.78, 5) is 22.7. The largest absolute Gasteiger partial charge is 0.478 e. The van der Waals surface area contributed by atoms with Gasteiger partial charge in [0.1, 0.15) is 0 Å². The number of aromatic carboxylic acids is 1. The van der Waals surface area contributed by atoms with Crippen LogP contribution in [0.1, 0.15) is 40.5 Å². The number of amides is 1. The van der Waals surface area contributed by atoms with Crippen LogP contribution in [0.3, 0.4) is 0 Å². The Hall–Kier alpha value is -1.88. The van der Waals surface area contributed by atoms with Crippen LogP contribution >= 0.6 is 0 Å². The Morgan fingerprint density at radius 3 is 2.32 bits per heavy atom. The van der Waals surface area contributed by atoms with E-state index in [0.29, 0.717) is 12.2 Å². The van der Waals surface area contributed by atoms with Crippen LogP contribution in [0, 0.1) is 0 Å². The van der Waals surface area contributed by atoms with Gasteiger partial charge in [-0.3, -0.25) is 4.79 Å². The van der Waals surface area contributed by atoms with Gasteiger partial charge in [0.25, 0.3) is 5.91 Å². The van der Waals surface area contributed by atoms with E-state index in [2.05, 4.69) is 5.32 Å². The quantitative estimate of drug-likeness (QED) is 0.790. The van der Waals surface area contributed by atoms with Crippen molar-refractivity contribution in [1.29, 1.82) is 0 Å². The maximum absolute atomic E-state index is 12.0. The molecule has 1 aromatic carbocycles. The molecular weight excluding hydrogens is 246 g/mol. The molecule has 0 fully saturated rings. The molecule has 0 spiro atoms. The highest BCUT2D eigenvalue weighted by molar-refractivity contribution is 5.96. The summed E-state index contributed by atoms with van der Waals surface area (Å²) in [5, 5.41) is 11.7. The Morgan fingerprint density at radius 2 is 1.84 bits per heavy atom. The van der Waals surface area contributed by atoms with Crippen molar-refractivity contribution >= 4 is 11.9 Å². The van der Waals surface area contributed by atoms with E-state index >= 15 is 0 Å². The summed E-state index contributed by atoms with van der Waals surface area (Å²) in [7, 11) is 1.59. The highest BCUT2D eigenvalue weighted by Gasteiger charge is 2.13. The fourth-order valence-corrected chi connectivity index (χ4v) is 1.78. The molecule has 0 aliphatic carbocycles. The van der Waals surface area contributed by atoms with Crippen LogP contribution in [0.5, 0.6) is 0 Å². The first-order chi connectivity index (χ1) is 9.08. The molecule has 19 heavy (non-hydrogen) atoms. The van der Waals surface area contributed by atoms with E-state index in [4.69, 9.17) is 9.84 Å². The molecule has 5 heteroatoms. The molecule has 0 aliphatic rings. The Kier molecular flexibility index (Phi) is 6.02. The number of hydrogen-bond donors (Lipinski definition) is 2. The van der Waals surface area contributed by atoms with Gasteiger partial charge < -0.3 is 15.2 Å². The van der Waals surface area contributed by atoms with E-state index in [1.54, 1.807) is 7.11 Å². The minimum atomic E-state index is -1.00. The van der Waals surface area contributed by atoms with Gasteiger partial charge in [0, 0.05) is 12.7 Å². The lowest BCUT2D eigenvalue weighted by atomic mass is 10.1. The highest BCUT2D eigenvalue weighted by Crippen LogP contribution is 2.06. The van der Waals surface area contributed by atoms with E-state index in [9.17, 15) is 9.59 Å². The van der Waals surface area contributed by atoms with Crippen molar-refractivity contribution in [3.05, 3.63) is 35.4 Å². The van der Waals surface area contributed by atoms with Crippen molar-refractivity contribution in [2.24, 2.45) is 0 Å². The normalized spacial score (nSPS) is 11.9. The molecule has 0 aliphatic heterocycles. The van der Waals surface area contributed by atoms with Crippen LogP contribution in [0.4, 0.5) is 0 Å². The number of nitrogens with one attached hydrogen (secondary N) is 1. The third-order valence-electron chi connectivity index (χ3n) is 2.73. The average molecular weight is 265 g/mol. The molecular formula is C14H19NO4. The predicted molar refractivity (Wildman–Crippen MR) is 71.4 cm³/mol. The Labute approximate surface area is 112 Å². The van der Waals surface area contributed by atoms with Crippen LogP contribution in [0.25, 0.3) is 0 Å². The Balaban J connectivity index is 2.68. The van der Waals surface area contributed by atoms with Crippen molar-refractivity contribution in [2.45, 2.75) is 25.8 Å². The topological polar surface area (TPSA) is 75.6 Å². The zero-order chi connectivity index (χ0) is 14.3. The lowest BCUT2D eigenvalue weighted by Gasteiger charge is -2.17. The molecule has 1 aromatic rings. The molecule has 2 N–H and O–H groups in total. The summed E-state index contributed by atoms with van der Waals surface area (Å²) in [5.74, 6) is -1.22. The standard InChI is InChI=1S/C14H19NO4/c1-3-4-12(9-19-2)15-13(16)10-5-7-11(8-6-10)14(17)18/h5-8,12H,3-4,9H2,1-2H3,(H,15,16)(H,17,18). The number of rotatable bonds is 7. The summed E-state index contributed by atoms with van der Waals surface area (Å²) >= 11 is 0. The van der Waals surface area contributed by atoms with E-state index in [1.807, 2.05) is 6.92 Å². The van der Waals surface area contributed by atoms with Crippen molar-refractivity contribution in [3.8, 4) is 0 Å². The molecule has 0 radical (unpaired) electrons. The van der Waals surface area contributed by atoms with Crippen LogP contribution < -0.4 is 5.32 Å². The molecule has 1 atom stereocenters. The summed E-state index contributed by atoms with van der Waals surface area (Å²) in [6, 6.07) is 5.83. The SMILES string of the molecule is CCCC(COC)NC(=O)c1ccc(C(=O)O)cc1. The second-order valence-corrected chi connectivity index (χ2v) is 4.30. The number of carbonyl (C=O) groups excluding carboxylic acids is 1. The van der Waals surface area contributed by atoms with E-state index in [-0.39, 0.29) is 17.5 Å². The summed E-state index contributed by atoms with van der Waals surface area (Å²) in [6.45, 7) is 2.50. The summed E-state index contributed by atoms with van der Waals surface area (Å²) < 4.78 is 5.05. The molecule has 0 saturated heterocycles. The van der Waals surface area contributed by atoms with Gasteiger partial charge in [-0.2, -0.15) is 0 Å². The number of carbonyl (C=O) groups is 2. The summed E-state index contributed by atoms with van der Waals surface area (Å²) in [5.41, 5.74) is 0.612. The first-order valence-electron chi connectivity index (χ1n) is 6.21. The van der Waals surface area contributed by atoms with Gasteiger partial charge in [-0.15, -0.1) is 0 Å². The zero-order valence-electron chi connectivity index (χ0n) is 11.2. The molecule has 0 saturated carbocycles. The van der Waals surface area contributed by atoms with E-state index in [1.165, 1.54) is 24.3 Å². The molecule has 5 nitrogen and oxygen atoms in total. The number of carboxylic acid groups (broad SMARTS) is 1. The van der Waals surface area contributed by atoms with Gasteiger partial charge in [0.15, 0.2) is 0 Å². The van der Waals surface area contributed by atoms with Crippen molar-refractivity contribution in [1.82, 2.24) is 5.32 Å². The maximum atomic E-state index is 12.0. The zero-order valence-corrected chi connectivity index (χ0v) is 11.2.